The fourth-order valence-electron chi connectivity index (χ4n) is 2.51. The summed E-state index contributed by atoms with van der Waals surface area (Å²) in [6, 6.07) is 5.43. The predicted molar refractivity (Wildman–Crippen MR) is 95.2 cm³/mol. The van der Waals surface area contributed by atoms with Gasteiger partial charge < -0.3 is 9.14 Å². The number of rotatable bonds is 4. The van der Waals surface area contributed by atoms with Crippen molar-refractivity contribution in [3.05, 3.63) is 60.1 Å². The van der Waals surface area contributed by atoms with Gasteiger partial charge in [0.1, 0.15) is 5.75 Å². The van der Waals surface area contributed by atoms with E-state index >= 15 is 0 Å². The molecule has 0 bridgehead atoms. The third kappa shape index (κ3) is 3.78. The standard InChI is InChI=1S/C17H10F3N5O2S/c18-17(19,20)27-11-3-1-2-10(8-11)12-9-25-6-4-21-13(14(25)23-12)15(26)24-16-22-5-7-28-16/h1-9H,(H,22,24,26). The number of thiazole rings is 1. The zero-order valence-electron chi connectivity index (χ0n) is 13.8. The maximum atomic E-state index is 12.5. The van der Waals surface area contributed by atoms with Crippen molar-refractivity contribution < 1.29 is 22.7 Å². The van der Waals surface area contributed by atoms with E-state index in [0.717, 1.165) is 0 Å². The molecular formula is C17H10F3N5O2S. The Morgan fingerprint density at radius 2 is 2.07 bits per heavy atom. The molecule has 0 spiro atoms. The average molecular weight is 405 g/mol. The maximum absolute atomic E-state index is 12.5. The van der Waals surface area contributed by atoms with Crippen LogP contribution in [0.2, 0.25) is 0 Å². The monoisotopic (exact) mass is 405 g/mol. The molecule has 3 aromatic heterocycles. The second-order valence-electron chi connectivity index (χ2n) is 5.50. The Labute approximate surface area is 159 Å². The highest BCUT2D eigenvalue weighted by Gasteiger charge is 2.31. The zero-order valence-corrected chi connectivity index (χ0v) is 14.7. The second-order valence-corrected chi connectivity index (χ2v) is 6.39. The Morgan fingerprint density at radius 3 is 2.82 bits per heavy atom. The molecule has 4 rings (SSSR count). The van der Waals surface area contributed by atoms with Gasteiger partial charge in [-0.05, 0) is 12.1 Å². The lowest BCUT2D eigenvalue weighted by Gasteiger charge is -2.09. The highest BCUT2D eigenvalue weighted by atomic mass is 32.1. The van der Waals surface area contributed by atoms with Gasteiger partial charge in [0.05, 0.1) is 5.69 Å². The highest BCUT2D eigenvalue weighted by Crippen LogP contribution is 2.28. The molecule has 28 heavy (non-hydrogen) atoms. The van der Waals surface area contributed by atoms with Crippen LogP contribution in [0.15, 0.2) is 54.4 Å². The topological polar surface area (TPSA) is 81.4 Å². The molecule has 0 unspecified atom stereocenters. The van der Waals surface area contributed by atoms with E-state index in [1.807, 2.05) is 0 Å². The third-order valence-corrected chi connectivity index (χ3v) is 4.29. The Morgan fingerprint density at radius 1 is 1.21 bits per heavy atom. The van der Waals surface area contributed by atoms with Crippen LogP contribution in [-0.4, -0.2) is 31.6 Å². The minimum absolute atomic E-state index is 0.0617. The van der Waals surface area contributed by atoms with Crippen LogP contribution >= 0.6 is 11.3 Å². The van der Waals surface area contributed by atoms with Crippen molar-refractivity contribution in [1.82, 2.24) is 19.4 Å². The molecule has 0 atom stereocenters. The molecule has 4 aromatic rings. The fourth-order valence-corrected chi connectivity index (χ4v) is 3.04. The molecule has 0 saturated heterocycles. The number of anilines is 1. The minimum Gasteiger partial charge on any atom is -0.406 e. The Bertz CT molecular complexity index is 1140. The number of hydrogen-bond donors (Lipinski definition) is 1. The number of carbonyl (C=O) groups excluding carboxylic acids is 1. The summed E-state index contributed by atoms with van der Waals surface area (Å²) in [5, 5.41) is 4.75. The molecule has 0 fully saturated rings. The van der Waals surface area contributed by atoms with Crippen LogP contribution in [0.3, 0.4) is 0 Å². The average Bonchev–Trinajstić information content (AvgIpc) is 3.29. The van der Waals surface area contributed by atoms with Crippen molar-refractivity contribution in [3.63, 3.8) is 0 Å². The molecule has 11 heteroatoms. The molecule has 7 nitrogen and oxygen atoms in total. The predicted octanol–water partition coefficient (Wildman–Crippen LogP) is 4.00. The lowest BCUT2D eigenvalue weighted by Crippen LogP contribution is -2.17. The highest BCUT2D eigenvalue weighted by molar-refractivity contribution is 7.13. The van der Waals surface area contributed by atoms with Crippen LogP contribution < -0.4 is 10.1 Å². The summed E-state index contributed by atoms with van der Waals surface area (Å²) in [6.07, 6.45) is 1.37. The van der Waals surface area contributed by atoms with Crippen LogP contribution in [0.1, 0.15) is 10.5 Å². The fraction of sp³-hybridized carbons (Fsp3) is 0.0588. The van der Waals surface area contributed by atoms with Crippen molar-refractivity contribution in [2.24, 2.45) is 0 Å². The van der Waals surface area contributed by atoms with Crippen molar-refractivity contribution in [2.45, 2.75) is 6.36 Å². The molecular weight excluding hydrogens is 395 g/mol. The number of benzene rings is 1. The third-order valence-electron chi connectivity index (χ3n) is 3.61. The number of amides is 1. The number of halogens is 3. The van der Waals surface area contributed by atoms with Crippen molar-refractivity contribution in [2.75, 3.05) is 5.32 Å². The molecule has 1 amide bonds. The van der Waals surface area contributed by atoms with Crippen molar-refractivity contribution in [3.8, 4) is 17.0 Å². The molecule has 0 aliphatic rings. The van der Waals surface area contributed by atoms with Gasteiger partial charge in [0.25, 0.3) is 5.91 Å². The molecule has 0 saturated carbocycles. The molecule has 3 heterocycles. The van der Waals surface area contributed by atoms with Gasteiger partial charge in [-0.2, -0.15) is 0 Å². The van der Waals surface area contributed by atoms with Crippen LogP contribution in [-0.2, 0) is 0 Å². The molecule has 0 aliphatic carbocycles. The summed E-state index contributed by atoms with van der Waals surface area (Å²) in [4.78, 5) is 24.9. The number of hydrogen-bond acceptors (Lipinski definition) is 6. The number of nitrogens with one attached hydrogen (secondary N) is 1. The quantitative estimate of drug-likeness (QED) is 0.555. The molecule has 142 valence electrons. The Kier molecular flexibility index (Phi) is 4.43. The summed E-state index contributed by atoms with van der Waals surface area (Å²) < 4.78 is 42.8. The smallest absolute Gasteiger partial charge is 0.406 e. The van der Waals surface area contributed by atoms with Crippen LogP contribution in [0, 0.1) is 0 Å². The summed E-state index contributed by atoms with van der Waals surface area (Å²) >= 11 is 1.26. The van der Waals surface area contributed by atoms with Crippen LogP contribution in [0.4, 0.5) is 18.3 Å². The first-order chi connectivity index (χ1) is 13.4. The maximum Gasteiger partial charge on any atom is 0.573 e. The van der Waals surface area contributed by atoms with Gasteiger partial charge in [0.2, 0.25) is 0 Å². The largest absolute Gasteiger partial charge is 0.573 e. The zero-order chi connectivity index (χ0) is 19.7. The normalized spacial score (nSPS) is 11.5. The van der Waals surface area contributed by atoms with Crippen molar-refractivity contribution in [1.29, 1.82) is 0 Å². The van der Waals surface area contributed by atoms with Gasteiger partial charge >= 0.3 is 6.36 Å². The van der Waals surface area contributed by atoms with Crippen LogP contribution in [0.25, 0.3) is 16.9 Å². The van der Waals surface area contributed by atoms with E-state index in [9.17, 15) is 18.0 Å². The number of fused-ring (bicyclic) bond motifs is 1. The summed E-state index contributed by atoms with van der Waals surface area (Å²) in [7, 11) is 0. The van der Waals surface area contributed by atoms with Gasteiger partial charge in [-0.3, -0.25) is 10.1 Å². The summed E-state index contributed by atoms with van der Waals surface area (Å²) in [6.45, 7) is 0. The Balaban J connectivity index is 1.69. The van der Waals surface area contributed by atoms with Gasteiger partial charge in [-0.1, -0.05) is 12.1 Å². The first-order valence-corrected chi connectivity index (χ1v) is 8.68. The lowest BCUT2D eigenvalue weighted by atomic mass is 10.1. The SMILES string of the molecule is O=C(Nc1nccs1)c1nccn2cc(-c3cccc(OC(F)(F)F)c3)nc12. The van der Waals surface area contributed by atoms with Crippen molar-refractivity contribution >= 4 is 28.0 Å². The van der Waals surface area contributed by atoms with E-state index in [-0.39, 0.29) is 17.1 Å². The number of nitrogens with zero attached hydrogens (tertiary/aromatic N) is 4. The first-order valence-electron chi connectivity index (χ1n) is 7.80. The van der Waals surface area contributed by atoms with Gasteiger partial charge in [-0.15, -0.1) is 24.5 Å². The first kappa shape index (κ1) is 17.9. The Hall–Kier alpha value is -3.47. The second kappa shape index (κ2) is 6.93. The number of aromatic nitrogens is 4. The van der Waals surface area contributed by atoms with E-state index in [2.05, 4.69) is 25.0 Å². The minimum atomic E-state index is -4.79. The van der Waals surface area contributed by atoms with Gasteiger partial charge in [0, 0.05) is 35.7 Å². The molecule has 1 N–H and O–H groups in total. The van der Waals surface area contributed by atoms with E-state index in [1.54, 1.807) is 34.4 Å². The molecule has 0 radical (unpaired) electrons. The summed E-state index contributed by atoms with van der Waals surface area (Å²) in [5.41, 5.74) is 1.08. The van der Waals surface area contributed by atoms with E-state index in [1.165, 1.54) is 35.7 Å². The van der Waals surface area contributed by atoms with E-state index < -0.39 is 12.3 Å². The van der Waals surface area contributed by atoms with Gasteiger partial charge in [-0.25, -0.2) is 15.0 Å². The number of imidazole rings is 1. The summed E-state index contributed by atoms with van der Waals surface area (Å²) in [5.74, 6) is -0.853. The number of carbonyl (C=O) groups is 1. The van der Waals surface area contributed by atoms with E-state index in [0.29, 0.717) is 16.4 Å². The number of alkyl halides is 3. The number of ether oxygens (including phenoxy) is 1. The lowest BCUT2D eigenvalue weighted by molar-refractivity contribution is -0.274. The van der Waals surface area contributed by atoms with E-state index in [4.69, 9.17) is 0 Å². The molecule has 1 aromatic carbocycles. The molecule has 0 aliphatic heterocycles. The van der Waals surface area contributed by atoms with Gasteiger partial charge in [0.15, 0.2) is 16.5 Å². The van der Waals surface area contributed by atoms with Crippen LogP contribution in [0.5, 0.6) is 5.75 Å².